The molecule has 6 nitrogen and oxygen atoms in total. The number of carboxylic acids is 1. The average Bonchev–Trinajstić information content (AvgIpc) is 2.33. The minimum absolute atomic E-state index is 0.0396. The Morgan fingerprint density at radius 3 is 2.50 bits per heavy atom. The molecule has 0 aliphatic carbocycles. The maximum atomic E-state index is 13.5. The van der Waals surface area contributed by atoms with E-state index in [1.807, 2.05) is 0 Å². The van der Waals surface area contributed by atoms with Crippen LogP contribution in [-0.4, -0.2) is 28.1 Å². The number of hydrogen-bond acceptors (Lipinski definition) is 4. The predicted molar refractivity (Wildman–Crippen MR) is 75.5 cm³/mol. The number of anilines is 1. The number of nitrogens with zero attached hydrogens (tertiary/aromatic N) is 2. The fraction of sp³-hybridized carbons (Fsp3) is 0.417. The fourth-order valence-electron chi connectivity index (χ4n) is 1.87. The van der Waals surface area contributed by atoms with Crippen LogP contribution < -0.4 is 4.90 Å². The summed E-state index contributed by atoms with van der Waals surface area (Å²) in [4.78, 5) is 23.0. The highest BCUT2D eigenvalue weighted by atomic mass is 79.9. The second kappa shape index (κ2) is 5.74. The third-order valence-corrected chi connectivity index (χ3v) is 3.63. The summed E-state index contributed by atoms with van der Waals surface area (Å²) in [7, 11) is 0. The largest absolute Gasteiger partial charge is 0.480 e. The van der Waals surface area contributed by atoms with E-state index in [1.54, 1.807) is 6.92 Å². The Balaban J connectivity index is 3.53. The number of rotatable bonds is 5. The first-order valence-corrected chi connectivity index (χ1v) is 6.56. The topological polar surface area (TPSA) is 83.7 Å². The highest BCUT2D eigenvalue weighted by Crippen LogP contribution is 2.36. The van der Waals surface area contributed by atoms with Crippen molar-refractivity contribution in [3.63, 3.8) is 0 Å². The van der Waals surface area contributed by atoms with E-state index in [2.05, 4.69) is 15.9 Å². The smallest absolute Gasteiger partial charge is 0.328 e. The molecule has 0 unspecified atom stereocenters. The molecular formula is C12H14BrFN2O4. The molecular weight excluding hydrogens is 335 g/mol. The van der Waals surface area contributed by atoms with Crippen molar-refractivity contribution in [1.82, 2.24) is 0 Å². The Bertz CT molecular complexity index is 563. The maximum Gasteiger partial charge on any atom is 0.328 e. The first-order valence-electron chi connectivity index (χ1n) is 5.77. The van der Waals surface area contributed by atoms with Gasteiger partial charge in [0.15, 0.2) is 0 Å². The van der Waals surface area contributed by atoms with E-state index in [9.17, 15) is 24.4 Å². The van der Waals surface area contributed by atoms with Gasteiger partial charge in [-0.3, -0.25) is 10.1 Å². The van der Waals surface area contributed by atoms with Crippen molar-refractivity contribution < 1.29 is 19.2 Å². The van der Waals surface area contributed by atoms with Crippen molar-refractivity contribution in [2.24, 2.45) is 0 Å². The number of carboxylic acid groups (broad SMARTS) is 1. The van der Waals surface area contributed by atoms with Gasteiger partial charge in [-0.2, -0.15) is 0 Å². The second-order valence-corrected chi connectivity index (χ2v) is 5.47. The SMILES string of the molecule is CCN(c1cc(Br)c(F)cc1[N+](=O)[O-])C(C)(C)C(=O)O. The molecule has 0 aromatic heterocycles. The van der Waals surface area contributed by atoms with Crippen LogP contribution in [0.4, 0.5) is 15.8 Å². The van der Waals surface area contributed by atoms with Gasteiger partial charge in [-0.1, -0.05) is 0 Å². The van der Waals surface area contributed by atoms with Gasteiger partial charge in [-0.25, -0.2) is 9.18 Å². The lowest BCUT2D eigenvalue weighted by molar-refractivity contribution is -0.384. The Labute approximate surface area is 123 Å². The monoisotopic (exact) mass is 348 g/mol. The van der Waals surface area contributed by atoms with E-state index in [-0.39, 0.29) is 16.7 Å². The van der Waals surface area contributed by atoms with E-state index in [1.165, 1.54) is 24.8 Å². The van der Waals surface area contributed by atoms with Crippen LogP contribution in [0.15, 0.2) is 16.6 Å². The first-order chi connectivity index (χ1) is 9.12. The molecule has 1 aromatic carbocycles. The molecule has 0 aliphatic rings. The number of benzene rings is 1. The van der Waals surface area contributed by atoms with Gasteiger partial charge in [-0.05, 0) is 42.8 Å². The zero-order chi connectivity index (χ0) is 15.7. The Kier molecular flexibility index (Phi) is 4.69. The first kappa shape index (κ1) is 16.4. The van der Waals surface area contributed by atoms with Crippen molar-refractivity contribution >= 4 is 33.3 Å². The van der Waals surface area contributed by atoms with Crippen molar-refractivity contribution in [2.75, 3.05) is 11.4 Å². The summed E-state index contributed by atoms with van der Waals surface area (Å²) in [5.74, 6) is -1.90. The summed E-state index contributed by atoms with van der Waals surface area (Å²) in [5, 5.41) is 20.3. The fourth-order valence-corrected chi connectivity index (χ4v) is 2.20. The maximum absolute atomic E-state index is 13.5. The van der Waals surface area contributed by atoms with E-state index < -0.39 is 27.9 Å². The third-order valence-electron chi connectivity index (χ3n) is 3.02. The Morgan fingerprint density at radius 2 is 2.10 bits per heavy atom. The molecule has 1 N–H and O–H groups in total. The number of nitro groups is 1. The third kappa shape index (κ3) is 2.90. The summed E-state index contributed by atoms with van der Waals surface area (Å²) in [5.41, 5.74) is -1.78. The number of halogens is 2. The van der Waals surface area contributed by atoms with Crippen LogP contribution >= 0.6 is 15.9 Å². The molecule has 0 radical (unpaired) electrons. The molecule has 1 rings (SSSR count). The lowest BCUT2D eigenvalue weighted by Crippen LogP contribution is -2.50. The number of aliphatic carboxylic acids is 1. The van der Waals surface area contributed by atoms with Crippen LogP contribution in [-0.2, 0) is 4.79 Å². The van der Waals surface area contributed by atoms with E-state index in [0.29, 0.717) is 0 Å². The lowest BCUT2D eigenvalue weighted by atomic mass is 10.0. The molecule has 0 heterocycles. The summed E-state index contributed by atoms with van der Waals surface area (Å²) in [6, 6.07) is 2.00. The van der Waals surface area contributed by atoms with E-state index in [0.717, 1.165) is 6.07 Å². The summed E-state index contributed by atoms with van der Waals surface area (Å²) < 4.78 is 13.5. The molecule has 0 aliphatic heterocycles. The quantitative estimate of drug-likeness (QED) is 0.652. The van der Waals surface area contributed by atoms with Crippen molar-refractivity contribution in [3.8, 4) is 0 Å². The highest BCUT2D eigenvalue weighted by molar-refractivity contribution is 9.10. The highest BCUT2D eigenvalue weighted by Gasteiger charge is 2.37. The molecule has 0 fully saturated rings. The summed E-state index contributed by atoms with van der Waals surface area (Å²) in [6.07, 6.45) is 0. The number of hydrogen-bond donors (Lipinski definition) is 1. The van der Waals surface area contributed by atoms with Crippen molar-refractivity contribution in [1.29, 1.82) is 0 Å². The number of nitro benzene ring substituents is 1. The van der Waals surface area contributed by atoms with Gasteiger partial charge >= 0.3 is 5.97 Å². The Hall–Kier alpha value is -1.70. The predicted octanol–water partition coefficient (Wildman–Crippen LogP) is 3.19. The minimum Gasteiger partial charge on any atom is -0.480 e. The Morgan fingerprint density at radius 1 is 1.55 bits per heavy atom. The molecule has 110 valence electrons. The van der Waals surface area contributed by atoms with Gasteiger partial charge in [0.05, 0.1) is 15.5 Å². The molecule has 1 aromatic rings. The molecule has 20 heavy (non-hydrogen) atoms. The van der Waals surface area contributed by atoms with Gasteiger partial charge in [0, 0.05) is 6.54 Å². The van der Waals surface area contributed by atoms with Gasteiger partial charge in [0.1, 0.15) is 17.0 Å². The van der Waals surface area contributed by atoms with Gasteiger partial charge < -0.3 is 10.0 Å². The molecule has 0 spiro atoms. The minimum atomic E-state index is -1.36. The van der Waals surface area contributed by atoms with Gasteiger partial charge in [0.2, 0.25) is 0 Å². The zero-order valence-electron chi connectivity index (χ0n) is 11.2. The summed E-state index contributed by atoms with van der Waals surface area (Å²) in [6.45, 7) is 4.75. The van der Waals surface area contributed by atoms with Gasteiger partial charge in [0.25, 0.3) is 5.69 Å². The van der Waals surface area contributed by atoms with E-state index in [4.69, 9.17) is 0 Å². The molecule has 0 bridgehead atoms. The molecule has 0 amide bonds. The lowest BCUT2D eigenvalue weighted by Gasteiger charge is -2.35. The second-order valence-electron chi connectivity index (χ2n) is 4.62. The van der Waals surface area contributed by atoms with E-state index >= 15 is 0 Å². The van der Waals surface area contributed by atoms with Crippen molar-refractivity contribution in [3.05, 3.63) is 32.5 Å². The number of likely N-dealkylation sites (N-methyl/N-ethyl adjacent to an activating group) is 1. The van der Waals surface area contributed by atoms with Crippen LogP contribution in [0.5, 0.6) is 0 Å². The van der Waals surface area contributed by atoms with Crippen LogP contribution in [0.2, 0.25) is 0 Å². The van der Waals surface area contributed by atoms with Crippen molar-refractivity contribution in [2.45, 2.75) is 26.3 Å². The molecule has 0 atom stereocenters. The average molecular weight is 349 g/mol. The molecule has 0 saturated carbocycles. The number of carbonyl (C=O) groups is 1. The molecule has 8 heteroatoms. The standard InChI is InChI=1S/C12H14BrFN2O4/c1-4-15(12(2,3)11(17)18)9-5-7(13)8(14)6-10(9)16(19)20/h5-6H,4H2,1-3H3,(H,17,18). The van der Waals surface area contributed by atoms with Gasteiger partial charge in [-0.15, -0.1) is 0 Å². The summed E-state index contributed by atoms with van der Waals surface area (Å²) >= 11 is 2.96. The van der Waals surface area contributed by atoms with Crippen LogP contribution in [0.1, 0.15) is 20.8 Å². The normalized spacial score (nSPS) is 11.2. The zero-order valence-corrected chi connectivity index (χ0v) is 12.8. The van der Waals surface area contributed by atoms with Crippen LogP contribution in [0.3, 0.4) is 0 Å². The van der Waals surface area contributed by atoms with Crippen LogP contribution in [0.25, 0.3) is 0 Å². The van der Waals surface area contributed by atoms with Crippen LogP contribution in [0, 0.1) is 15.9 Å². The molecule has 0 saturated heterocycles.